The molecule has 7 rings (SSSR count). The van der Waals surface area contributed by atoms with Crippen LogP contribution >= 0.6 is 11.6 Å². The van der Waals surface area contributed by atoms with Crippen molar-refractivity contribution >= 4 is 45.0 Å². The summed E-state index contributed by atoms with van der Waals surface area (Å²) in [5.41, 5.74) is 2.71. The molecule has 10 heteroatoms. The number of hydrogen-bond acceptors (Lipinski definition) is 7. The van der Waals surface area contributed by atoms with E-state index in [9.17, 15) is 14.4 Å². The third-order valence-corrected chi connectivity index (χ3v) is 10.0. The van der Waals surface area contributed by atoms with Crippen LogP contribution in [0.2, 0.25) is 5.02 Å². The molecule has 4 aromatic rings. The fourth-order valence-electron chi connectivity index (χ4n) is 7.51. The van der Waals surface area contributed by atoms with Gasteiger partial charge in [-0.25, -0.2) is 4.39 Å². The zero-order valence-corrected chi connectivity index (χ0v) is 25.8. The fraction of sp³-hybridized carbons (Fsp3) is 0.371. The number of hydrogen-bond donors (Lipinski definition) is 0. The minimum Gasteiger partial charge on any atom is -0.461 e. The Bertz CT molecular complexity index is 1840. The van der Waals surface area contributed by atoms with Crippen LogP contribution in [0.3, 0.4) is 0 Å². The van der Waals surface area contributed by atoms with Gasteiger partial charge in [0.2, 0.25) is 0 Å². The quantitative estimate of drug-likeness (QED) is 0.216. The third-order valence-electron chi connectivity index (χ3n) is 9.70. The Hall–Kier alpha value is -4.26. The Kier molecular flexibility index (Phi) is 7.80. The number of carbonyl (C=O) groups excluding carboxylic acids is 1. The van der Waals surface area contributed by atoms with E-state index in [4.69, 9.17) is 26.3 Å². The van der Waals surface area contributed by atoms with Crippen molar-refractivity contribution in [2.45, 2.75) is 43.7 Å². The molecule has 0 radical (unpaired) electrons. The van der Waals surface area contributed by atoms with Crippen molar-refractivity contribution < 1.29 is 13.9 Å². The molecule has 1 atom stereocenters. The van der Waals surface area contributed by atoms with Crippen LogP contribution in [0.5, 0.6) is 6.01 Å². The topological polar surface area (TPSA) is 85.6 Å². The number of rotatable bonds is 7. The van der Waals surface area contributed by atoms with Crippen LogP contribution in [0.15, 0.2) is 67.0 Å². The third kappa shape index (κ3) is 5.36. The SMILES string of the molecule is C=C(F)C(=O)N1CCN(c2nc(OCC34CCCN3CCC4)nc3cc(-c4cccc5cccc(Cl)c45)ccc23)C[C@@H]1CC#N. The number of nitriles is 1. The van der Waals surface area contributed by atoms with Crippen LogP contribution in [0.1, 0.15) is 32.1 Å². The molecule has 0 N–H and O–H groups in total. The normalized spacial score (nSPS) is 19.5. The molecular formula is C35H34ClFN6O2. The molecule has 1 aromatic heterocycles. The molecule has 0 saturated carbocycles. The molecule has 3 aliphatic heterocycles. The van der Waals surface area contributed by atoms with Gasteiger partial charge in [0.1, 0.15) is 12.4 Å². The van der Waals surface area contributed by atoms with Crippen molar-refractivity contribution in [3.63, 3.8) is 0 Å². The molecule has 3 fully saturated rings. The van der Waals surface area contributed by atoms with Gasteiger partial charge in [0, 0.05) is 35.4 Å². The van der Waals surface area contributed by atoms with Crippen molar-refractivity contribution in [3.05, 3.63) is 72.0 Å². The van der Waals surface area contributed by atoms with E-state index in [1.807, 2.05) is 53.4 Å². The van der Waals surface area contributed by atoms with E-state index in [-0.39, 0.29) is 18.5 Å². The van der Waals surface area contributed by atoms with E-state index < -0.39 is 17.8 Å². The van der Waals surface area contributed by atoms with Gasteiger partial charge < -0.3 is 14.5 Å². The number of benzene rings is 3. The fourth-order valence-corrected chi connectivity index (χ4v) is 7.80. The molecule has 8 nitrogen and oxygen atoms in total. The van der Waals surface area contributed by atoms with Crippen molar-refractivity contribution in [1.82, 2.24) is 19.8 Å². The maximum absolute atomic E-state index is 13.8. The monoisotopic (exact) mass is 624 g/mol. The number of halogens is 2. The Morgan fingerprint density at radius 3 is 2.62 bits per heavy atom. The van der Waals surface area contributed by atoms with Crippen LogP contribution in [0, 0.1) is 11.3 Å². The molecule has 0 spiro atoms. The number of amides is 1. The minimum atomic E-state index is -1.03. The molecule has 3 aliphatic rings. The highest BCUT2D eigenvalue weighted by Crippen LogP contribution is 2.40. The van der Waals surface area contributed by atoms with Crippen molar-refractivity contribution in [3.8, 4) is 23.2 Å². The van der Waals surface area contributed by atoms with E-state index in [2.05, 4.69) is 23.6 Å². The van der Waals surface area contributed by atoms with E-state index >= 15 is 0 Å². The Morgan fingerprint density at radius 1 is 1.09 bits per heavy atom. The number of ether oxygens (including phenoxy) is 1. The number of piperazine rings is 1. The molecule has 1 amide bonds. The number of fused-ring (bicyclic) bond motifs is 3. The smallest absolute Gasteiger partial charge is 0.319 e. The van der Waals surface area contributed by atoms with E-state index in [0.717, 1.165) is 58.7 Å². The first kappa shape index (κ1) is 29.5. The van der Waals surface area contributed by atoms with Crippen LogP contribution in [0.4, 0.5) is 10.2 Å². The summed E-state index contributed by atoms with van der Waals surface area (Å²) >= 11 is 6.69. The van der Waals surface area contributed by atoms with Gasteiger partial charge in [-0.2, -0.15) is 15.2 Å². The number of carbonyl (C=O) groups is 1. The highest BCUT2D eigenvalue weighted by atomic mass is 35.5. The standard InChI is InChI=1S/C35H34ClFN6O2/c1-23(37)33(44)43-19-18-41(21-26(43)12-15-38)32-28-11-10-25(27-8-2-6-24-7-3-9-29(36)31(24)27)20-30(28)39-34(40-32)45-22-35-13-4-16-42(35)17-5-14-35/h2-3,6-11,20,26H,1,4-5,12-14,16-19,21-22H2/t26-/m0/s1. The summed E-state index contributed by atoms with van der Waals surface area (Å²) < 4.78 is 20.3. The molecular weight excluding hydrogens is 591 g/mol. The molecule has 4 heterocycles. The second kappa shape index (κ2) is 11.9. The lowest BCUT2D eigenvalue weighted by Crippen LogP contribution is -2.55. The van der Waals surface area contributed by atoms with Crippen LogP contribution in [-0.4, -0.2) is 76.6 Å². The second-order valence-corrected chi connectivity index (χ2v) is 12.7. The summed E-state index contributed by atoms with van der Waals surface area (Å²) in [6, 6.07) is 20.1. The average molecular weight is 625 g/mol. The number of anilines is 1. The maximum Gasteiger partial charge on any atom is 0.319 e. The largest absolute Gasteiger partial charge is 0.461 e. The van der Waals surface area contributed by atoms with E-state index in [1.54, 1.807) is 0 Å². The van der Waals surface area contributed by atoms with Crippen molar-refractivity contribution in [2.24, 2.45) is 0 Å². The highest BCUT2D eigenvalue weighted by Gasteiger charge is 2.45. The molecule has 3 saturated heterocycles. The summed E-state index contributed by atoms with van der Waals surface area (Å²) in [5, 5.41) is 13.1. The van der Waals surface area contributed by atoms with Crippen molar-refractivity contribution in [2.75, 3.05) is 44.2 Å². The summed E-state index contributed by atoms with van der Waals surface area (Å²) in [6.45, 7) is 6.86. The molecule has 0 aliphatic carbocycles. The lowest BCUT2D eigenvalue weighted by Gasteiger charge is -2.41. The summed E-state index contributed by atoms with van der Waals surface area (Å²) in [6.07, 6.45) is 4.60. The second-order valence-electron chi connectivity index (χ2n) is 12.3. The maximum atomic E-state index is 13.8. The zero-order chi connectivity index (χ0) is 31.1. The van der Waals surface area contributed by atoms with Gasteiger partial charge in [-0.1, -0.05) is 54.6 Å². The summed E-state index contributed by atoms with van der Waals surface area (Å²) in [4.78, 5) is 28.4. The minimum absolute atomic E-state index is 0.0265. The first-order valence-electron chi connectivity index (χ1n) is 15.5. The predicted octanol–water partition coefficient (Wildman–Crippen LogP) is 6.52. The van der Waals surface area contributed by atoms with Gasteiger partial charge in [0.05, 0.1) is 29.6 Å². The van der Waals surface area contributed by atoms with E-state index in [1.165, 1.54) is 17.7 Å². The van der Waals surface area contributed by atoms with Gasteiger partial charge in [-0.3, -0.25) is 9.69 Å². The molecule has 0 unspecified atom stereocenters. The van der Waals surface area contributed by atoms with Crippen LogP contribution in [-0.2, 0) is 4.79 Å². The summed E-state index contributed by atoms with van der Waals surface area (Å²) in [7, 11) is 0. The van der Waals surface area contributed by atoms with Gasteiger partial charge in [-0.05, 0) is 73.5 Å². The van der Waals surface area contributed by atoms with Crippen LogP contribution < -0.4 is 9.64 Å². The Morgan fingerprint density at radius 2 is 1.87 bits per heavy atom. The zero-order valence-electron chi connectivity index (χ0n) is 25.0. The predicted molar refractivity (Wildman–Crippen MR) is 174 cm³/mol. The van der Waals surface area contributed by atoms with Crippen molar-refractivity contribution in [1.29, 1.82) is 5.26 Å². The first-order valence-corrected chi connectivity index (χ1v) is 15.9. The molecule has 230 valence electrons. The lowest BCUT2D eigenvalue weighted by molar-refractivity contribution is -0.131. The van der Waals surface area contributed by atoms with Gasteiger partial charge in [0.15, 0.2) is 5.83 Å². The number of nitrogens with zero attached hydrogens (tertiary/aromatic N) is 6. The Balaban J connectivity index is 1.30. The first-order chi connectivity index (χ1) is 21.9. The van der Waals surface area contributed by atoms with Crippen LogP contribution in [0.25, 0.3) is 32.8 Å². The highest BCUT2D eigenvalue weighted by molar-refractivity contribution is 6.36. The molecule has 3 aromatic carbocycles. The Labute approximate surface area is 266 Å². The number of aromatic nitrogens is 2. The van der Waals surface area contributed by atoms with Gasteiger partial charge in [-0.15, -0.1) is 0 Å². The van der Waals surface area contributed by atoms with E-state index in [0.29, 0.717) is 36.5 Å². The van der Waals surface area contributed by atoms with Gasteiger partial charge >= 0.3 is 6.01 Å². The molecule has 0 bridgehead atoms. The average Bonchev–Trinajstić information content (AvgIpc) is 3.63. The molecule has 45 heavy (non-hydrogen) atoms. The summed E-state index contributed by atoms with van der Waals surface area (Å²) in [5.74, 6) is -1.14. The van der Waals surface area contributed by atoms with Gasteiger partial charge in [0.25, 0.3) is 5.91 Å². The lowest BCUT2D eigenvalue weighted by atomic mass is 9.95.